The van der Waals surface area contributed by atoms with Crippen molar-refractivity contribution in [3.8, 4) is 11.5 Å². The van der Waals surface area contributed by atoms with Gasteiger partial charge in [0.1, 0.15) is 11.5 Å². The number of carboxylic acids is 1. The second-order valence-electron chi connectivity index (χ2n) is 8.96. The molecule has 0 aliphatic carbocycles. The van der Waals surface area contributed by atoms with Crippen molar-refractivity contribution in [3.05, 3.63) is 89.3 Å². The minimum absolute atomic E-state index is 0.0210. The van der Waals surface area contributed by atoms with Gasteiger partial charge in [-0.3, -0.25) is 0 Å². The second kappa shape index (κ2) is 10.1. The predicted octanol–water partition coefficient (Wildman–Crippen LogP) is 7.03. The molecule has 3 aromatic carbocycles. The number of phenolic OH excluding ortho intramolecular Hbond substituents is 2. The Morgan fingerprint density at radius 2 is 1.35 bits per heavy atom. The summed E-state index contributed by atoms with van der Waals surface area (Å²) >= 11 is 7.17. The van der Waals surface area contributed by atoms with E-state index in [1.165, 1.54) is 6.07 Å². The smallest absolute Gasteiger partial charge is 0.341 e. The summed E-state index contributed by atoms with van der Waals surface area (Å²) in [6.07, 6.45) is 2.35. The van der Waals surface area contributed by atoms with Crippen molar-refractivity contribution in [1.82, 2.24) is 0 Å². The molecule has 0 spiro atoms. The van der Waals surface area contributed by atoms with Gasteiger partial charge in [-0.05, 0) is 98.0 Å². The van der Waals surface area contributed by atoms with E-state index in [1.54, 1.807) is 24.3 Å². The van der Waals surface area contributed by atoms with Crippen LogP contribution in [0.2, 0.25) is 0 Å². The predicted molar refractivity (Wildman–Crippen MR) is 148 cm³/mol. The van der Waals surface area contributed by atoms with Crippen LogP contribution in [0.3, 0.4) is 0 Å². The molecule has 6 nitrogen and oxygen atoms in total. The maximum Gasteiger partial charge on any atom is 0.341 e. The van der Waals surface area contributed by atoms with Gasteiger partial charge in [-0.15, -0.1) is 0 Å². The van der Waals surface area contributed by atoms with Crippen LogP contribution in [-0.4, -0.2) is 27.3 Å². The van der Waals surface area contributed by atoms with Gasteiger partial charge >= 0.3 is 11.9 Å². The molecule has 0 saturated carbocycles. The number of hydrogen-bond acceptors (Lipinski definition) is 5. The number of rotatable bonds is 7. The van der Waals surface area contributed by atoms with E-state index >= 15 is 0 Å². The first-order valence-corrected chi connectivity index (χ1v) is 13.8. The standard InChI is InChI=1S/C29H28Br2O6/c1-5-14-12-20(32)25(30)23(16(14)7-3)29(24-17(8-4)15(6-2)13-21(33)26(24)31)19-11-9-10-18(27(34)35)22(19)28(36)37-29/h9-13,32-33H,5-8H2,1-4H3,(H,34,35). The summed E-state index contributed by atoms with van der Waals surface area (Å²) in [6, 6.07) is 8.05. The summed E-state index contributed by atoms with van der Waals surface area (Å²) < 4.78 is 7.04. The molecule has 0 fully saturated rings. The number of benzene rings is 3. The first-order valence-electron chi connectivity index (χ1n) is 12.3. The Morgan fingerprint density at radius 1 is 0.865 bits per heavy atom. The molecular formula is C29H28Br2O6. The molecule has 3 N–H and O–H groups in total. The van der Waals surface area contributed by atoms with Gasteiger partial charge in [-0.25, -0.2) is 9.59 Å². The molecule has 0 atom stereocenters. The first kappa shape index (κ1) is 27.2. The number of cyclic esters (lactones) is 1. The third-order valence-electron chi connectivity index (χ3n) is 7.19. The number of ether oxygens (including phenoxy) is 1. The van der Waals surface area contributed by atoms with Gasteiger partial charge in [0, 0.05) is 16.7 Å². The van der Waals surface area contributed by atoms with Gasteiger partial charge < -0.3 is 20.1 Å². The van der Waals surface area contributed by atoms with Crippen LogP contribution in [0.1, 0.15) is 87.4 Å². The zero-order chi connectivity index (χ0) is 27.2. The number of aromatic hydroxyl groups is 2. The van der Waals surface area contributed by atoms with Crippen LogP contribution >= 0.6 is 31.9 Å². The van der Waals surface area contributed by atoms with Crippen LogP contribution in [0.5, 0.6) is 11.5 Å². The van der Waals surface area contributed by atoms with Gasteiger partial charge in [-0.2, -0.15) is 0 Å². The third-order valence-corrected chi connectivity index (χ3v) is 8.79. The fraction of sp³-hybridized carbons (Fsp3) is 0.310. The number of carbonyl (C=O) groups excluding carboxylic acids is 1. The molecule has 0 saturated heterocycles. The van der Waals surface area contributed by atoms with Crippen LogP contribution < -0.4 is 0 Å². The Labute approximate surface area is 232 Å². The lowest BCUT2D eigenvalue weighted by atomic mass is 9.73. The van der Waals surface area contributed by atoms with Crippen molar-refractivity contribution in [2.75, 3.05) is 0 Å². The van der Waals surface area contributed by atoms with Crippen molar-refractivity contribution in [2.24, 2.45) is 0 Å². The fourth-order valence-electron chi connectivity index (χ4n) is 5.63. The second-order valence-corrected chi connectivity index (χ2v) is 10.5. The maximum absolute atomic E-state index is 13.6. The first-order chi connectivity index (χ1) is 17.6. The summed E-state index contributed by atoms with van der Waals surface area (Å²) in [6.45, 7) is 7.92. The minimum atomic E-state index is -1.64. The largest absolute Gasteiger partial charge is 0.507 e. The average Bonchev–Trinajstić information content (AvgIpc) is 3.18. The van der Waals surface area contributed by atoms with E-state index in [0.717, 1.165) is 22.3 Å². The number of halogens is 2. The van der Waals surface area contributed by atoms with E-state index in [9.17, 15) is 24.9 Å². The number of aryl methyl sites for hydroxylation is 2. The molecule has 194 valence electrons. The molecule has 0 aromatic heterocycles. The topological polar surface area (TPSA) is 104 Å². The molecule has 37 heavy (non-hydrogen) atoms. The average molecular weight is 632 g/mol. The molecule has 1 aliphatic rings. The highest BCUT2D eigenvalue weighted by Crippen LogP contribution is 2.57. The van der Waals surface area contributed by atoms with Crippen molar-refractivity contribution >= 4 is 43.8 Å². The monoisotopic (exact) mass is 630 g/mol. The van der Waals surface area contributed by atoms with Gasteiger partial charge in [-0.1, -0.05) is 39.8 Å². The highest BCUT2D eigenvalue weighted by atomic mass is 79.9. The summed E-state index contributed by atoms with van der Waals surface area (Å²) in [5.41, 5.74) is 3.02. The molecule has 0 radical (unpaired) electrons. The number of phenols is 2. The van der Waals surface area contributed by atoms with Crippen molar-refractivity contribution in [3.63, 3.8) is 0 Å². The summed E-state index contributed by atoms with van der Waals surface area (Å²) in [4.78, 5) is 25.8. The van der Waals surface area contributed by atoms with E-state index in [1.807, 2.05) is 27.7 Å². The number of carboxylic acid groups (broad SMARTS) is 1. The van der Waals surface area contributed by atoms with E-state index < -0.39 is 17.5 Å². The number of carbonyl (C=O) groups is 2. The van der Waals surface area contributed by atoms with Crippen LogP contribution in [0.25, 0.3) is 0 Å². The maximum atomic E-state index is 13.6. The quantitative estimate of drug-likeness (QED) is 0.242. The minimum Gasteiger partial charge on any atom is -0.507 e. The normalized spacial score (nSPS) is 13.9. The van der Waals surface area contributed by atoms with Crippen LogP contribution in [0.15, 0.2) is 39.3 Å². The molecule has 0 amide bonds. The lowest BCUT2D eigenvalue weighted by molar-refractivity contribution is 0.0238. The molecular weight excluding hydrogens is 604 g/mol. The van der Waals surface area contributed by atoms with Gasteiger partial charge in [0.2, 0.25) is 0 Å². The highest BCUT2D eigenvalue weighted by molar-refractivity contribution is 9.11. The van der Waals surface area contributed by atoms with E-state index in [0.29, 0.717) is 51.3 Å². The van der Waals surface area contributed by atoms with Crippen molar-refractivity contribution < 1.29 is 29.6 Å². The molecule has 1 aliphatic heterocycles. The lowest BCUT2D eigenvalue weighted by Crippen LogP contribution is -2.34. The Morgan fingerprint density at radius 3 is 1.76 bits per heavy atom. The van der Waals surface area contributed by atoms with Gasteiger partial charge in [0.25, 0.3) is 0 Å². The third kappa shape index (κ3) is 3.96. The van der Waals surface area contributed by atoms with Crippen LogP contribution in [0, 0.1) is 0 Å². The lowest BCUT2D eigenvalue weighted by Gasteiger charge is -2.37. The molecule has 4 rings (SSSR count). The molecule has 0 bridgehead atoms. The number of esters is 1. The van der Waals surface area contributed by atoms with Crippen LogP contribution in [-0.2, 0) is 36.0 Å². The summed E-state index contributed by atoms with van der Waals surface area (Å²) in [5, 5.41) is 32.0. The van der Waals surface area contributed by atoms with E-state index in [4.69, 9.17) is 4.74 Å². The van der Waals surface area contributed by atoms with Crippen LogP contribution in [0.4, 0.5) is 0 Å². The number of hydrogen-bond donors (Lipinski definition) is 3. The molecule has 0 unspecified atom stereocenters. The highest BCUT2D eigenvalue weighted by Gasteiger charge is 2.54. The summed E-state index contributed by atoms with van der Waals surface area (Å²) in [7, 11) is 0. The molecule has 8 heteroatoms. The number of aromatic carboxylic acids is 1. The number of fused-ring (bicyclic) bond motifs is 1. The van der Waals surface area contributed by atoms with Gasteiger partial charge in [0.05, 0.1) is 20.1 Å². The Balaban J connectivity index is 2.35. The summed E-state index contributed by atoms with van der Waals surface area (Å²) in [5.74, 6) is -2.07. The van der Waals surface area contributed by atoms with E-state index in [2.05, 4.69) is 31.9 Å². The Kier molecular flexibility index (Phi) is 7.45. The SMILES string of the molecule is CCc1cc(O)c(Br)c(C2(c3c(Br)c(O)cc(CC)c3CC)OC(=O)c3c(C(=O)O)cccc32)c1CC. The van der Waals surface area contributed by atoms with Gasteiger partial charge in [0.15, 0.2) is 5.60 Å². The molecule has 1 heterocycles. The Hall–Kier alpha value is -2.84. The zero-order valence-electron chi connectivity index (χ0n) is 21.0. The Bertz CT molecular complexity index is 1380. The van der Waals surface area contributed by atoms with E-state index in [-0.39, 0.29) is 22.6 Å². The molecule has 3 aromatic rings. The fourth-order valence-corrected chi connectivity index (χ4v) is 6.90. The zero-order valence-corrected chi connectivity index (χ0v) is 24.2. The van der Waals surface area contributed by atoms with Crippen molar-refractivity contribution in [2.45, 2.75) is 59.0 Å². The van der Waals surface area contributed by atoms with Crippen molar-refractivity contribution in [1.29, 1.82) is 0 Å².